The third-order valence-electron chi connectivity index (χ3n) is 3.64. The number of nitrogens with zero attached hydrogens (tertiary/aromatic N) is 2. The van der Waals surface area contributed by atoms with Crippen molar-refractivity contribution in [2.24, 2.45) is 0 Å². The van der Waals surface area contributed by atoms with Gasteiger partial charge >= 0.3 is 0 Å². The molecule has 1 aromatic heterocycles. The van der Waals surface area contributed by atoms with Crippen LogP contribution < -0.4 is 4.74 Å². The van der Waals surface area contributed by atoms with Gasteiger partial charge in [-0.3, -0.25) is 0 Å². The molecule has 0 bridgehead atoms. The van der Waals surface area contributed by atoms with Gasteiger partial charge in [-0.15, -0.1) is 10.2 Å². The third kappa shape index (κ3) is 3.01. The van der Waals surface area contributed by atoms with Gasteiger partial charge in [0.2, 0.25) is 5.89 Å². The van der Waals surface area contributed by atoms with E-state index in [0.717, 1.165) is 22.4 Å². The summed E-state index contributed by atoms with van der Waals surface area (Å²) < 4.78 is 11.4. The highest BCUT2D eigenvalue weighted by Gasteiger charge is 2.10. The minimum Gasteiger partial charge on any atom is -0.484 e. The first-order chi connectivity index (χ1) is 10.6. The molecule has 3 aromatic rings. The highest BCUT2D eigenvalue weighted by atomic mass is 16.5. The second-order valence-electron chi connectivity index (χ2n) is 5.36. The average Bonchev–Trinajstić information content (AvgIpc) is 2.98. The lowest BCUT2D eigenvalue weighted by atomic mass is 10.1. The van der Waals surface area contributed by atoms with E-state index in [0.29, 0.717) is 11.8 Å². The molecule has 0 unspecified atom stereocenters. The maximum Gasteiger partial charge on any atom is 0.254 e. The molecule has 112 valence electrons. The Kier molecular flexibility index (Phi) is 3.92. The zero-order valence-corrected chi connectivity index (χ0v) is 13.0. The van der Waals surface area contributed by atoms with E-state index in [2.05, 4.69) is 23.2 Å². The Morgan fingerprint density at radius 2 is 1.82 bits per heavy atom. The molecule has 0 aliphatic rings. The van der Waals surface area contributed by atoms with Gasteiger partial charge in [0.15, 0.2) is 6.61 Å². The largest absolute Gasteiger partial charge is 0.484 e. The molecule has 0 saturated heterocycles. The van der Waals surface area contributed by atoms with Crippen LogP contribution >= 0.6 is 0 Å². The lowest BCUT2D eigenvalue weighted by Crippen LogP contribution is -1.98. The molecule has 0 radical (unpaired) electrons. The molecule has 0 amide bonds. The molecule has 0 aliphatic heterocycles. The Labute approximate surface area is 129 Å². The van der Waals surface area contributed by atoms with Gasteiger partial charge in [-0.05, 0) is 50.1 Å². The maximum absolute atomic E-state index is 5.78. The monoisotopic (exact) mass is 294 g/mol. The number of benzene rings is 2. The summed E-state index contributed by atoms with van der Waals surface area (Å²) in [7, 11) is 0. The van der Waals surface area contributed by atoms with Crippen LogP contribution in [0.3, 0.4) is 0 Å². The van der Waals surface area contributed by atoms with E-state index in [9.17, 15) is 0 Å². The summed E-state index contributed by atoms with van der Waals surface area (Å²) in [5.74, 6) is 1.83. The van der Waals surface area contributed by atoms with Gasteiger partial charge in [-0.25, -0.2) is 0 Å². The number of hydrogen-bond donors (Lipinski definition) is 0. The van der Waals surface area contributed by atoms with Crippen LogP contribution in [0.15, 0.2) is 46.9 Å². The smallest absolute Gasteiger partial charge is 0.254 e. The summed E-state index contributed by atoms with van der Waals surface area (Å²) in [4.78, 5) is 0. The fourth-order valence-corrected chi connectivity index (χ4v) is 2.23. The molecule has 22 heavy (non-hydrogen) atoms. The highest BCUT2D eigenvalue weighted by Crippen LogP contribution is 2.23. The van der Waals surface area contributed by atoms with Crippen molar-refractivity contribution in [2.45, 2.75) is 27.4 Å². The van der Waals surface area contributed by atoms with Crippen molar-refractivity contribution in [2.75, 3.05) is 0 Å². The second kappa shape index (κ2) is 6.02. The quantitative estimate of drug-likeness (QED) is 0.722. The van der Waals surface area contributed by atoms with Gasteiger partial charge in [0.25, 0.3) is 5.89 Å². The Morgan fingerprint density at radius 1 is 1.00 bits per heavy atom. The maximum atomic E-state index is 5.78. The first kappa shape index (κ1) is 14.3. The molecular formula is C18H18N2O2. The molecule has 0 N–H and O–H groups in total. The van der Waals surface area contributed by atoms with E-state index in [-0.39, 0.29) is 6.61 Å². The van der Waals surface area contributed by atoms with Crippen molar-refractivity contribution in [3.63, 3.8) is 0 Å². The molecule has 4 heteroatoms. The molecule has 2 aromatic carbocycles. The van der Waals surface area contributed by atoms with Gasteiger partial charge in [-0.2, -0.15) is 0 Å². The molecule has 0 saturated carbocycles. The van der Waals surface area contributed by atoms with Crippen LogP contribution in [0.5, 0.6) is 5.75 Å². The van der Waals surface area contributed by atoms with Gasteiger partial charge in [-0.1, -0.05) is 29.8 Å². The van der Waals surface area contributed by atoms with Crippen LogP contribution in [-0.2, 0) is 6.61 Å². The molecule has 0 spiro atoms. The minimum atomic E-state index is 0.267. The molecular weight excluding hydrogens is 276 g/mol. The van der Waals surface area contributed by atoms with Crippen LogP contribution in [0.1, 0.15) is 22.6 Å². The van der Waals surface area contributed by atoms with Crippen molar-refractivity contribution in [1.82, 2.24) is 10.2 Å². The normalized spacial score (nSPS) is 10.7. The van der Waals surface area contributed by atoms with E-state index in [1.165, 1.54) is 5.56 Å². The van der Waals surface area contributed by atoms with Gasteiger partial charge < -0.3 is 9.15 Å². The Balaban J connectivity index is 1.73. The number of hydrogen-bond acceptors (Lipinski definition) is 4. The fourth-order valence-electron chi connectivity index (χ4n) is 2.23. The lowest BCUT2D eigenvalue weighted by Gasteiger charge is -2.08. The summed E-state index contributed by atoms with van der Waals surface area (Å²) in [5, 5.41) is 8.13. The van der Waals surface area contributed by atoms with Crippen molar-refractivity contribution >= 4 is 0 Å². The lowest BCUT2D eigenvalue weighted by molar-refractivity contribution is 0.263. The zero-order valence-electron chi connectivity index (χ0n) is 13.0. The molecule has 1 heterocycles. The number of rotatable bonds is 4. The predicted octanol–water partition coefficient (Wildman–Crippen LogP) is 4.24. The molecule has 0 aliphatic carbocycles. The van der Waals surface area contributed by atoms with Crippen molar-refractivity contribution in [3.05, 3.63) is 65.0 Å². The molecule has 4 nitrogen and oxygen atoms in total. The standard InChI is InChI=1S/C18H18N2O2/c1-12-6-4-8-15(10-12)18-20-19-17(22-18)11-21-16-9-5-7-13(2)14(16)3/h4-10H,11H2,1-3H3. The SMILES string of the molecule is Cc1cccc(-c2nnc(COc3cccc(C)c3C)o2)c1. The van der Waals surface area contributed by atoms with E-state index >= 15 is 0 Å². The van der Waals surface area contributed by atoms with E-state index in [1.807, 2.05) is 50.2 Å². The van der Waals surface area contributed by atoms with E-state index < -0.39 is 0 Å². The predicted molar refractivity (Wildman–Crippen MR) is 84.7 cm³/mol. The van der Waals surface area contributed by atoms with E-state index in [1.54, 1.807) is 0 Å². The number of aryl methyl sites for hydroxylation is 2. The Morgan fingerprint density at radius 3 is 2.64 bits per heavy atom. The molecule has 0 fully saturated rings. The number of ether oxygens (including phenoxy) is 1. The first-order valence-corrected chi connectivity index (χ1v) is 7.22. The minimum absolute atomic E-state index is 0.267. The summed E-state index contributed by atoms with van der Waals surface area (Å²) in [6.45, 7) is 6.40. The molecule has 0 atom stereocenters. The highest BCUT2D eigenvalue weighted by molar-refractivity contribution is 5.53. The molecule has 3 rings (SSSR count). The van der Waals surface area contributed by atoms with Crippen LogP contribution in [0, 0.1) is 20.8 Å². The van der Waals surface area contributed by atoms with E-state index in [4.69, 9.17) is 9.15 Å². The Hall–Kier alpha value is -2.62. The van der Waals surface area contributed by atoms with Crippen LogP contribution in [0.2, 0.25) is 0 Å². The summed E-state index contributed by atoms with van der Waals surface area (Å²) >= 11 is 0. The Bertz CT molecular complexity index is 793. The van der Waals surface area contributed by atoms with Crippen molar-refractivity contribution in [3.8, 4) is 17.2 Å². The topological polar surface area (TPSA) is 48.2 Å². The first-order valence-electron chi connectivity index (χ1n) is 7.22. The second-order valence-corrected chi connectivity index (χ2v) is 5.36. The van der Waals surface area contributed by atoms with Gasteiger partial charge in [0, 0.05) is 5.56 Å². The van der Waals surface area contributed by atoms with Crippen LogP contribution in [0.4, 0.5) is 0 Å². The van der Waals surface area contributed by atoms with Crippen LogP contribution in [-0.4, -0.2) is 10.2 Å². The third-order valence-corrected chi connectivity index (χ3v) is 3.64. The van der Waals surface area contributed by atoms with Crippen molar-refractivity contribution in [1.29, 1.82) is 0 Å². The zero-order chi connectivity index (χ0) is 15.5. The van der Waals surface area contributed by atoms with Crippen molar-refractivity contribution < 1.29 is 9.15 Å². The number of aromatic nitrogens is 2. The summed E-state index contributed by atoms with van der Waals surface area (Å²) in [5.41, 5.74) is 4.40. The van der Waals surface area contributed by atoms with Gasteiger partial charge in [0.05, 0.1) is 0 Å². The fraction of sp³-hybridized carbons (Fsp3) is 0.222. The average molecular weight is 294 g/mol. The van der Waals surface area contributed by atoms with Crippen LogP contribution in [0.25, 0.3) is 11.5 Å². The van der Waals surface area contributed by atoms with Gasteiger partial charge in [0.1, 0.15) is 5.75 Å². The summed E-state index contributed by atoms with van der Waals surface area (Å²) in [6, 6.07) is 14.0. The summed E-state index contributed by atoms with van der Waals surface area (Å²) in [6.07, 6.45) is 0.